The normalized spacial score (nSPS) is 13.1. The van der Waals surface area contributed by atoms with Gasteiger partial charge in [0.15, 0.2) is 0 Å². The number of carbonyl (C=O) groups excluding carboxylic acids is 2. The maximum absolute atomic E-state index is 12.0. The quantitative estimate of drug-likeness (QED) is 0.736. The first-order valence-electron chi connectivity index (χ1n) is 4.86. The Morgan fingerprint density at radius 1 is 1.40 bits per heavy atom. The molecule has 4 nitrogen and oxygen atoms in total. The second-order valence-electron chi connectivity index (χ2n) is 4.55. The molecule has 0 unspecified atom stereocenters. The summed E-state index contributed by atoms with van der Waals surface area (Å²) in [5.74, 6) is -0.227. The lowest BCUT2D eigenvalue weighted by Crippen LogP contribution is -2.35. The van der Waals surface area contributed by atoms with Crippen LogP contribution in [0, 0.1) is 5.92 Å². The predicted molar refractivity (Wildman–Crippen MR) is 54.1 cm³/mol. The second kappa shape index (κ2) is 5.68. The molecule has 0 heterocycles. The SMILES string of the molecule is C[C@H](CNC(=O)OC(C)(C)C)CC(=O)F. The van der Waals surface area contributed by atoms with Crippen LogP contribution in [0.5, 0.6) is 0 Å². The van der Waals surface area contributed by atoms with E-state index < -0.39 is 17.7 Å². The van der Waals surface area contributed by atoms with Gasteiger partial charge in [0.05, 0.1) is 0 Å². The van der Waals surface area contributed by atoms with Crippen molar-refractivity contribution in [1.29, 1.82) is 0 Å². The third-order valence-electron chi connectivity index (χ3n) is 1.50. The molecule has 1 amide bonds. The molecule has 88 valence electrons. The van der Waals surface area contributed by atoms with Crippen molar-refractivity contribution in [3.05, 3.63) is 0 Å². The molecule has 0 aliphatic heterocycles. The molecule has 0 radical (unpaired) electrons. The highest BCUT2D eigenvalue weighted by Gasteiger charge is 2.16. The Labute approximate surface area is 89.2 Å². The fraction of sp³-hybridized carbons (Fsp3) is 0.800. The number of carbonyl (C=O) groups is 2. The van der Waals surface area contributed by atoms with Crippen molar-refractivity contribution < 1.29 is 18.7 Å². The molecule has 0 saturated heterocycles. The largest absolute Gasteiger partial charge is 0.444 e. The molecule has 0 spiro atoms. The van der Waals surface area contributed by atoms with Crippen LogP contribution in [0.4, 0.5) is 9.18 Å². The first-order valence-corrected chi connectivity index (χ1v) is 4.86. The van der Waals surface area contributed by atoms with Crippen LogP contribution in [0.25, 0.3) is 0 Å². The molecule has 0 aliphatic carbocycles. The molecule has 0 rings (SSSR count). The number of ether oxygens (including phenoxy) is 1. The lowest BCUT2D eigenvalue weighted by Gasteiger charge is -2.20. The van der Waals surface area contributed by atoms with E-state index >= 15 is 0 Å². The van der Waals surface area contributed by atoms with Crippen LogP contribution in [-0.4, -0.2) is 24.3 Å². The molecule has 0 aliphatic rings. The molecule has 5 heteroatoms. The first kappa shape index (κ1) is 13.9. The summed E-state index contributed by atoms with van der Waals surface area (Å²) >= 11 is 0. The van der Waals surface area contributed by atoms with E-state index in [0.29, 0.717) is 0 Å². The van der Waals surface area contributed by atoms with Crippen molar-refractivity contribution in [3.8, 4) is 0 Å². The van der Waals surface area contributed by atoms with Crippen LogP contribution in [0.1, 0.15) is 34.1 Å². The van der Waals surface area contributed by atoms with Crippen LogP contribution in [0.2, 0.25) is 0 Å². The van der Waals surface area contributed by atoms with E-state index in [9.17, 15) is 14.0 Å². The van der Waals surface area contributed by atoms with Gasteiger partial charge in [-0.1, -0.05) is 6.92 Å². The van der Waals surface area contributed by atoms with Crippen LogP contribution in [0.15, 0.2) is 0 Å². The highest BCUT2D eigenvalue weighted by atomic mass is 19.1. The van der Waals surface area contributed by atoms with Crippen LogP contribution in [-0.2, 0) is 9.53 Å². The summed E-state index contributed by atoms with van der Waals surface area (Å²) < 4.78 is 16.9. The minimum atomic E-state index is -1.37. The topological polar surface area (TPSA) is 55.4 Å². The molecule has 0 aromatic rings. The van der Waals surface area contributed by atoms with Crippen molar-refractivity contribution in [3.63, 3.8) is 0 Å². The summed E-state index contributed by atoms with van der Waals surface area (Å²) in [6, 6.07) is -1.37. The minimum absolute atomic E-state index is 0.185. The van der Waals surface area contributed by atoms with E-state index in [0.717, 1.165) is 0 Å². The van der Waals surface area contributed by atoms with Gasteiger partial charge in [-0.25, -0.2) is 4.79 Å². The zero-order chi connectivity index (χ0) is 12.1. The number of halogens is 1. The van der Waals surface area contributed by atoms with Crippen molar-refractivity contribution in [2.45, 2.75) is 39.7 Å². The lowest BCUT2D eigenvalue weighted by atomic mass is 10.1. The molecule has 0 fully saturated rings. The van der Waals surface area contributed by atoms with Gasteiger partial charge in [0, 0.05) is 13.0 Å². The number of nitrogens with one attached hydrogen (secondary N) is 1. The zero-order valence-electron chi connectivity index (χ0n) is 9.59. The van der Waals surface area contributed by atoms with E-state index in [1.807, 2.05) is 0 Å². The van der Waals surface area contributed by atoms with E-state index in [-0.39, 0.29) is 18.9 Å². The van der Waals surface area contributed by atoms with Crippen LogP contribution >= 0.6 is 0 Å². The standard InChI is InChI=1S/C10H18FNO3/c1-7(5-8(11)13)6-12-9(14)15-10(2,3)4/h7H,5-6H2,1-4H3,(H,12,14)/t7-/m0/s1. The molecule has 15 heavy (non-hydrogen) atoms. The average Bonchev–Trinajstić information content (AvgIpc) is 1.96. The molecular weight excluding hydrogens is 201 g/mol. The van der Waals surface area contributed by atoms with Crippen molar-refractivity contribution >= 4 is 12.1 Å². The third-order valence-corrected chi connectivity index (χ3v) is 1.50. The summed E-state index contributed by atoms with van der Waals surface area (Å²) in [5, 5.41) is 2.46. The Bertz CT molecular complexity index is 235. The number of amides is 1. The molecule has 0 saturated carbocycles. The zero-order valence-corrected chi connectivity index (χ0v) is 9.59. The minimum Gasteiger partial charge on any atom is -0.444 e. The van der Waals surface area contributed by atoms with Gasteiger partial charge >= 0.3 is 12.1 Å². The number of hydrogen-bond acceptors (Lipinski definition) is 3. The van der Waals surface area contributed by atoms with Gasteiger partial charge in [0.1, 0.15) is 5.60 Å². The summed E-state index contributed by atoms with van der Waals surface area (Å²) in [7, 11) is 0. The second-order valence-corrected chi connectivity index (χ2v) is 4.55. The van der Waals surface area contributed by atoms with Gasteiger partial charge < -0.3 is 10.1 Å². The fourth-order valence-corrected chi connectivity index (χ4v) is 0.918. The van der Waals surface area contributed by atoms with Crippen molar-refractivity contribution in [2.24, 2.45) is 5.92 Å². The maximum Gasteiger partial charge on any atom is 0.407 e. The highest BCUT2D eigenvalue weighted by Crippen LogP contribution is 2.07. The van der Waals surface area contributed by atoms with Crippen molar-refractivity contribution in [2.75, 3.05) is 6.54 Å². The number of hydrogen-bond donors (Lipinski definition) is 1. The third kappa shape index (κ3) is 9.18. The first-order chi connectivity index (χ1) is 6.70. The average molecular weight is 219 g/mol. The molecule has 0 aromatic carbocycles. The van der Waals surface area contributed by atoms with Gasteiger partial charge in [-0.15, -0.1) is 0 Å². The monoisotopic (exact) mass is 219 g/mol. The predicted octanol–water partition coefficient (Wildman–Crippen LogP) is 2.03. The van der Waals surface area contributed by atoms with Crippen LogP contribution in [0.3, 0.4) is 0 Å². The molecular formula is C10H18FNO3. The van der Waals surface area contributed by atoms with E-state index in [4.69, 9.17) is 4.74 Å². The van der Waals surface area contributed by atoms with E-state index in [1.54, 1.807) is 27.7 Å². The smallest absolute Gasteiger partial charge is 0.407 e. The van der Waals surface area contributed by atoms with Crippen molar-refractivity contribution in [1.82, 2.24) is 5.32 Å². The van der Waals surface area contributed by atoms with E-state index in [2.05, 4.69) is 5.32 Å². The Morgan fingerprint density at radius 3 is 2.33 bits per heavy atom. The Balaban J connectivity index is 3.76. The molecule has 0 aromatic heterocycles. The number of alkyl carbamates (subject to hydrolysis) is 1. The van der Waals surface area contributed by atoms with E-state index in [1.165, 1.54) is 0 Å². The van der Waals surface area contributed by atoms with Gasteiger partial charge in [0.25, 0.3) is 0 Å². The molecule has 0 bridgehead atoms. The Hall–Kier alpha value is -1.13. The van der Waals surface area contributed by atoms with Gasteiger partial charge in [-0.2, -0.15) is 4.39 Å². The van der Waals surface area contributed by atoms with Gasteiger partial charge in [0.2, 0.25) is 0 Å². The lowest BCUT2D eigenvalue weighted by molar-refractivity contribution is -0.130. The number of rotatable bonds is 4. The molecule has 1 atom stereocenters. The maximum atomic E-state index is 12.0. The summed E-state index contributed by atoms with van der Waals surface area (Å²) in [5.41, 5.74) is -0.552. The fourth-order valence-electron chi connectivity index (χ4n) is 0.918. The summed E-state index contributed by atoms with van der Waals surface area (Å²) in [4.78, 5) is 21.3. The molecule has 1 N–H and O–H groups in total. The Morgan fingerprint density at radius 2 is 1.93 bits per heavy atom. The summed E-state index contributed by atoms with van der Waals surface area (Å²) in [6.45, 7) is 7.16. The van der Waals surface area contributed by atoms with Gasteiger partial charge in [-0.3, -0.25) is 4.79 Å². The van der Waals surface area contributed by atoms with Gasteiger partial charge in [-0.05, 0) is 26.7 Å². The summed E-state index contributed by atoms with van der Waals surface area (Å²) in [6.07, 6.45) is -0.740. The van der Waals surface area contributed by atoms with Crippen LogP contribution < -0.4 is 5.32 Å². The Kier molecular flexibility index (Phi) is 5.25. The highest BCUT2D eigenvalue weighted by molar-refractivity contribution is 5.69.